The van der Waals surface area contributed by atoms with E-state index in [1.807, 2.05) is 0 Å². The van der Waals surface area contributed by atoms with Crippen molar-refractivity contribution in [1.29, 1.82) is 0 Å². The van der Waals surface area contributed by atoms with Gasteiger partial charge in [0.25, 0.3) is 32.6 Å². The van der Waals surface area contributed by atoms with Crippen molar-refractivity contribution < 1.29 is 48.1 Å². The van der Waals surface area contributed by atoms with Crippen LogP contribution in [0.1, 0.15) is 12.8 Å². The van der Waals surface area contributed by atoms with Gasteiger partial charge in [-0.25, -0.2) is 16.8 Å². The molecule has 0 atom stereocenters. The van der Waals surface area contributed by atoms with E-state index in [1.165, 1.54) is 68.6 Å². The van der Waals surface area contributed by atoms with Crippen molar-refractivity contribution in [3.63, 3.8) is 0 Å². The summed E-state index contributed by atoms with van der Waals surface area (Å²) in [5, 5.41) is 23.9. The van der Waals surface area contributed by atoms with Crippen molar-refractivity contribution in [3.05, 3.63) is 139 Å². The summed E-state index contributed by atoms with van der Waals surface area (Å²) in [6.45, 7) is -0.466. The van der Waals surface area contributed by atoms with E-state index >= 15 is 0 Å². The van der Waals surface area contributed by atoms with Gasteiger partial charge in [0.05, 0.1) is 35.2 Å². The Balaban J connectivity index is 0.000000236. The number of para-hydroxylation sites is 2. The molecule has 25 heteroatoms. The molecule has 4 heterocycles. The van der Waals surface area contributed by atoms with Gasteiger partial charge in [0.15, 0.2) is 21.0 Å². The fourth-order valence-corrected chi connectivity index (χ4v) is 10.1. The Bertz CT molecular complexity index is 3020. The lowest BCUT2D eigenvalue weighted by molar-refractivity contribution is -0.388. The quantitative estimate of drug-likeness (QED) is 0.0253. The Morgan fingerprint density at radius 2 is 1.06 bits per heavy atom. The largest absolute Gasteiger partial charge is 0.459 e. The zero-order valence-corrected chi connectivity index (χ0v) is 37.3. The van der Waals surface area contributed by atoms with E-state index < -0.39 is 61.8 Å². The molecule has 0 N–H and O–H groups in total. The molecule has 0 radical (unpaired) electrons. The van der Waals surface area contributed by atoms with Crippen LogP contribution < -0.4 is 11.1 Å². The normalized spacial score (nSPS) is 12.2. The molecule has 62 heavy (non-hydrogen) atoms. The highest BCUT2D eigenvalue weighted by Crippen LogP contribution is 2.28. The van der Waals surface area contributed by atoms with Gasteiger partial charge >= 0.3 is 0 Å². The lowest BCUT2D eigenvalue weighted by Gasteiger charge is -2.22. The van der Waals surface area contributed by atoms with Crippen LogP contribution >= 0.6 is 22.6 Å². The maximum Gasteiger partial charge on any atom is 0.294 e. The summed E-state index contributed by atoms with van der Waals surface area (Å²) in [5.74, 6) is 0. The SMILES string of the molecule is CS(=O)(=O)OCCCN(CCn1ccc2ccoc2c1=O)S(=O)(=O)c1ccccc1[N+](=O)[O-].O=c1c2occc2ccn1CCN(CCCI)S(=O)(=O)c1ccccc1[N+](=O)[O-]. The zero-order valence-electron chi connectivity index (χ0n) is 32.7. The van der Waals surface area contributed by atoms with Crippen LogP contribution in [0.3, 0.4) is 0 Å². The van der Waals surface area contributed by atoms with Gasteiger partial charge in [0.2, 0.25) is 20.0 Å². The lowest BCUT2D eigenvalue weighted by atomic mass is 10.3. The number of pyridine rings is 2. The molecule has 0 amide bonds. The Morgan fingerprint density at radius 1 is 0.645 bits per heavy atom. The first-order valence-electron chi connectivity index (χ1n) is 18.4. The number of sulfonamides is 2. The van der Waals surface area contributed by atoms with Crippen LogP contribution in [0, 0.1) is 20.2 Å². The molecule has 6 aromatic rings. The standard InChI is InChI=1S/C19H21N3O9S2.C18H18IN3O6S/c1-32(26,27)31-13-4-9-21(33(28,29)17-6-3-2-5-16(17)22(24)25)12-11-20-10-7-15-8-14-30-18(15)19(20)23;19-8-3-9-21(29(26,27)16-5-2-1-4-15(16)22(24)25)12-11-20-10-6-14-7-13-28-17(14)18(20)23/h2-3,5-8,10,14H,4,9,11-13H2,1H3;1-2,4-7,10,13H,3,8-9,11-12H2. The smallest absolute Gasteiger partial charge is 0.294 e. The second-order valence-electron chi connectivity index (χ2n) is 13.2. The summed E-state index contributed by atoms with van der Waals surface area (Å²) in [5.41, 5.74) is -1.56. The number of hydrogen-bond donors (Lipinski definition) is 0. The van der Waals surface area contributed by atoms with Gasteiger partial charge in [0.1, 0.15) is 0 Å². The Morgan fingerprint density at radius 3 is 1.47 bits per heavy atom. The number of rotatable bonds is 20. The molecule has 0 fully saturated rings. The molecular weight excluding hydrogens is 992 g/mol. The predicted molar refractivity (Wildman–Crippen MR) is 234 cm³/mol. The molecule has 0 aliphatic carbocycles. The van der Waals surface area contributed by atoms with Gasteiger partial charge in [-0.05, 0) is 49.2 Å². The summed E-state index contributed by atoms with van der Waals surface area (Å²) < 4.78 is 95.7. The van der Waals surface area contributed by atoms with Crippen molar-refractivity contribution >= 4 is 86.1 Å². The van der Waals surface area contributed by atoms with E-state index in [0.29, 0.717) is 17.2 Å². The summed E-state index contributed by atoms with van der Waals surface area (Å²) in [6, 6.07) is 16.8. The van der Waals surface area contributed by atoms with Crippen molar-refractivity contribution in [2.24, 2.45) is 0 Å². The number of nitro benzene ring substituents is 2. The Labute approximate surface area is 367 Å². The topological polar surface area (TPSA) is 275 Å². The molecule has 0 bridgehead atoms. The number of halogens is 1. The highest BCUT2D eigenvalue weighted by atomic mass is 127. The summed E-state index contributed by atoms with van der Waals surface area (Å²) in [4.78, 5) is 45.3. The molecule has 0 aliphatic heterocycles. The van der Waals surface area contributed by atoms with E-state index in [2.05, 4.69) is 26.8 Å². The lowest BCUT2D eigenvalue weighted by Crippen LogP contribution is -2.37. The van der Waals surface area contributed by atoms with E-state index in [0.717, 1.165) is 27.1 Å². The van der Waals surface area contributed by atoms with Crippen molar-refractivity contribution in [3.8, 4) is 0 Å². The molecule has 332 valence electrons. The Kier molecular flexibility index (Phi) is 15.9. The van der Waals surface area contributed by atoms with E-state index in [4.69, 9.17) is 8.83 Å². The molecule has 0 spiro atoms. The highest BCUT2D eigenvalue weighted by Gasteiger charge is 2.32. The van der Waals surface area contributed by atoms with Gasteiger partial charge in [-0.1, -0.05) is 46.9 Å². The number of nitro groups is 2. The average molecular weight is 1030 g/mol. The maximum atomic E-state index is 13.3. The highest BCUT2D eigenvalue weighted by molar-refractivity contribution is 14.1. The third-order valence-electron chi connectivity index (χ3n) is 9.10. The third-order valence-corrected chi connectivity index (χ3v) is 14.3. The first kappa shape index (κ1) is 47.7. The van der Waals surface area contributed by atoms with E-state index in [-0.39, 0.29) is 73.9 Å². The molecule has 6 rings (SSSR count). The average Bonchev–Trinajstić information content (AvgIpc) is 3.93. The molecule has 21 nitrogen and oxygen atoms in total. The number of aromatic nitrogens is 2. The minimum absolute atomic E-state index is 0.000944. The van der Waals surface area contributed by atoms with Crippen molar-refractivity contribution in [1.82, 2.24) is 17.7 Å². The van der Waals surface area contributed by atoms with Crippen LogP contribution in [0.25, 0.3) is 21.9 Å². The third kappa shape index (κ3) is 11.6. The van der Waals surface area contributed by atoms with Crippen LogP contribution in [-0.4, -0.2) is 96.3 Å². The molecular formula is C37H39IN6O15S3. The molecule has 0 unspecified atom stereocenters. The number of alkyl halides is 1. The Hall–Kier alpha value is -5.32. The summed E-state index contributed by atoms with van der Waals surface area (Å²) in [6.07, 6.45) is 7.29. The summed E-state index contributed by atoms with van der Waals surface area (Å²) in [7, 11) is -12.2. The second kappa shape index (κ2) is 20.7. The zero-order chi connectivity index (χ0) is 45.2. The predicted octanol–water partition coefficient (Wildman–Crippen LogP) is 4.58. The first-order chi connectivity index (χ1) is 29.4. The van der Waals surface area contributed by atoms with Gasteiger partial charge in [-0.15, -0.1) is 0 Å². The van der Waals surface area contributed by atoms with Crippen LogP contribution in [0.5, 0.6) is 0 Å². The number of fused-ring (bicyclic) bond motifs is 2. The number of hydrogen-bond acceptors (Lipinski definition) is 15. The molecule has 0 saturated heterocycles. The van der Waals surface area contributed by atoms with Gasteiger partial charge < -0.3 is 18.0 Å². The molecule has 0 aliphatic rings. The van der Waals surface area contributed by atoms with Gasteiger partial charge in [-0.3, -0.25) is 34.0 Å². The fourth-order valence-electron chi connectivity index (χ4n) is 6.10. The van der Waals surface area contributed by atoms with Crippen molar-refractivity contribution in [2.45, 2.75) is 35.7 Å². The first-order valence-corrected chi connectivity index (χ1v) is 24.6. The fraction of sp³-hybridized carbons (Fsp3) is 0.297. The van der Waals surface area contributed by atoms with Crippen LogP contribution in [0.4, 0.5) is 11.4 Å². The minimum atomic E-state index is -4.36. The van der Waals surface area contributed by atoms with Crippen molar-refractivity contribution in [2.75, 3.05) is 43.5 Å². The van der Waals surface area contributed by atoms with Crippen LogP contribution in [-0.2, 0) is 47.4 Å². The van der Waals surface area contributed by atoms with Crippen LogP contribution in [0.15, 0.2) is 126 Å². The molecule has 2 aromatic carbocycles. The van der Waals surface area contributed by atoms with Gasteiger partial charge in [-0.2, -0.15) is 17.0 Å². The second-order valence-corrected chi connectivity index (χ2v) is 19.8. The number of furan rings is 2. The van der Waals surface area contributed by atoms with Gasteiger partial charge in [0, 0.05) is 79.0 Å². The minimum Gasteiger partial charge on any atom is -0.459 e. The molecule has 4 aromatic heterocycles. The van der Waals surface area contributed by atoms with Crippen LogP contribution in [0.2, 0.25) is 0 Å². The monoisotopic (exact) mass is 1030 g/mol. The number of benzene rings is 2. The molecule has 0 saturated carbocycles. The maximum absolute atomic E-state index is 13.3. The van der Waals surface area contributed by atoms with E-state index in [1.54, 1.807) is 30.5 Å². The summed E-state index contributed by atoms with van der Waals surface area (Å²) >= 11 is 2.14. The number of nitrogens with zero attached hydrogens (tertiary/aromatic N) is 6. The van der Waals surface area contributed by atoms with E-state index in [9.17, 15) is 55.1 Å².